The highest BCUT2D eigenvalue weighted by molar-refractivity contribution is 7.89. The largest absolute Gasteiger partial charge is 0.339 e. The van der Waals surface area contributed by atoms with Gasteiger partial charge in [0.25, 0.3) is 5.91 Å². The zero-order chi connectivity index (χ0) is 18.7. The van der Waals surface area contributed by atoms with Gasteiger partial charge in [-0.2, -0.15) is 4.31 Å². The molecule has 144 valence electrons. The number of piperidine rings is 1. The van der Waals surface area contributed by atoms with Crippen molar-refractivity contribution in [2.24, 2.45) is 0 Å². The van der Waals surface area contributed by atoms with Crippen LogP contribution in [0.25, 0.3) is 0 Å². The number of amides is 1. The van der Waals surface area contributed by atoms with E-state index in [0.717, 1.165) is 57.5 Å². The first-order valence-corrected chi connectivity index (χ1v) is 11.0. The van der Waals surface area contributed by atoms with Crippen LogP contribution in [0.2, 0.25) is 0 Å². The Balaban J connectivity index is 1.83. The third-order valence-electron chi connectivity index (χ3n) is 5.50. The quantitative estimate of drug-likeness (QED) is 0.802. The minimum atomic E-state index is -3.56. The normalized spacial score (nSPS) is 20.3. The number of piperazine rings is 1. The highest BCUT2D eigenvalue weighted by Crippen LogP contribution is 2.23. The number of carbonyl (C=O) groups excluding carboxylic acids is 1. The molecule has 1 aromatic rings. The minimum absolute atomic E-state index is 0.0462. The fraction of sp³-hybridized carbons (Fsp3) is 0.632. The van der Waals surface area contributed by atoms with Gasteiger partial charge >= 0.3 is 0 Å². The van der Waals surface area contributed by atoms with Crippen LogP contribution < -0.4 is 0 Å². The lowest BCUT2D eigenvalue weighted by atomic mass is 10.1. The van der Waals surface area contributed by atoms with Crippen LogP contribution in [0.3, 0.4) is 0 Å². The van der Waals surface area contributed by atoms with Crippen molar-refractivity contribution in [2.45, 2.75) is 38.0 Å². The zero-order valence-corrected chi connectivity index (χ0v) is 16.6. The molecule has 0 aromatic heterocycles. The molecule has 2 aliphatic rings. The summed E-state index contributed by atoms with van der Waals surface area (Å²) in [4.78, 5) is 17.2. The molecule has 1 amide bonds. The Kier molecular flexibility index (Phi) is 5.99. The molecule has 6 nitrogen and oxygen atoms in total. The molecule has 2 heterocycles. The van der Waals surface area contributed by atoms with Crippen LogP contribution in [0.5, 0.6) is 0 Å². The van der Waals surface area contributed by atoms with E-state index in [-0.39, 0.29) is 10.8 Å². The molecule has 26 heavy (non-hydrogen) atoms. The Hall–Kier alpha value is -1.44. The van der Waals surface area contributed by atoms with E-state index in [1.165, 1.54) is 0 Å². The van der Waals surface area contributed by atoms with Crippen LogP contribution in [0.4, 0.5) is 0 Å². The molecule has 0 aliphatic carbocycles. The summed E-state index contributed by atoms with van der Waals surface area (Å²) in [7, 11) is -3.56. The van der Waals surface area contributed by atoms with E-state index in [1.54, 1.807) is 22.5 Å². The molecule has 0 bridgehead atoms. The number of aryl methyl sites for hydroxylation is 1. The van der Waals surface area contributed by atoms with Crippen molar-refractivity contribution < 1.29 is 13.2 Å². The lowest BCUT2D eigenvalue weighted by Gasteiger charge is -2.33. The van der Waals surface area contributed by atoms with Gasteiger partial charge in [0.1, 0.15) is 0 Å². The monoisotopic (exact) mass is 379 g/mol. The second-order valence-electron chi connectivity index (χ2n) is 7.17. The average molecular weight is 380 g/mol. The van der Waals surface area contributed by atoms with E-state index >= 15 is 0 Å². The van der Waals surface area contributed by atoms with Gasteiger partial charge in [-0.25, -0.2) is 8.42 Å². The molecule has 0 unspecified atom stereocenters. The van der Waals surface area contributed by atoms with Gasteiger partial charge in [0.05, 0.1) is 4.90 Å². The summed E-state index contributed by atoms with van der Waals surface area (Å²) in [5.41, 5.74) is 1.34. The highest BCUT2D eigenvalue weighted by Gasteiger charge is 2.29. The Morgan fingerprint density at radius 2 is 1.65 bits per heavy atom. The first-order chi connectivity index (χ1) is 12.4. The molecular weight excluding hydrogens is 350 g/mol. The Labute approximate surface area is 156 Å². The van der Waals surface area contributed by atoms with Crippen molar-refractivity contribution in [3.63, 3.8) is 0 Å². The number of hydrogen-bond acceptors (Lipinski definition) is 4. The topological polar surface area (TPSA) is 60.9 Å². The SMILES string of the molecule is CCN1CCN(S(=O)(=O)c2ccc(C)c(C(=O)N3CCCCC3)c2)CC1. The fourth-order valence-electron chi connectivity index (χ4n) is 3.69. The lowest BCUT2D eigenvalue weighted by molar-refractivity contribution is 0.0723. The molecule has 1 aromatic carbocycles. The maximum Gasteiger partial charge on any atom is 0.254 e. The van der Waals surface area contributed by atoms with Crippen LogP contribution >= 0.6 is 0 Å². The van der Waals surface area contributed by atoms with E-state index in [0.29, 0.717) is 18.7 Å². The molecule has 0 atom stereocenters. The summed E-state index contributed by atoms with van der Waals surface area (Å²) in [6, 6.07) is 4.96. The van der Waals surface area contributed by atoms with Crippen LogP contribution in [0.1, 0.15) is 42.1 Å². The molecular formula is C19H29N3O3S. The Morgan fingerprint density at radius 3 is 2.27 bits per heavy atom. The van der Waals surface area contributed by atoms with E-state index in [9.17, 15) is 13.2 Å². The number of hydrogen-bond donors (Lipinski definition) is 0. The molecule has 3 rings (SSSR count). The van der Waals surface area contributed by atoms with Gasteiger partial charge in [0.15, 0.2) is 0 Å². The first-order valence-electron chi connectivity index (χ1n) is 9.56. The number of sulfonamides is 1. The van der Waals surface area contributed by atoms with Gasteiger partial charge < -0.3 is 9.80 Å². The van der Waals surface area contributed by atoms with Crippen LogP contribution in [-0.2, 0) is 10.0 Å². The summed E-state index contributed by atoms with van der Waals surface area (Å²) < 4.78 is 27.6. The molecule has 0 saturated carbocycles. The average Bonchev–Trinajstić information content (AvgIpc) is 2.68. The Bertz CT molecular complexity index is 749. The predicted molar refractivity (Wildman–Crippen MR) is 102 cm³/mol. The van der Waals surface area contributed by atoms with E-state index in [1.807, 2.05) is 11.8 Å². The molecule has 2 saturated heterocycles. The maximum absolute atomic E-state index is 13.0. The summed E-state index contributed by atoms with van der Waals surface area (Å²) in [5.74, 6) is -0.0462. The van der Waals surface area contributed by atoms with Crippen molar-refractivity contribution in [2.75, 3.05) is 45.8 Å². The fourth-order valence-corrected chi connectivity index (χ4v) is 5.14. The van der Waals surface area contributed by atoms with E-state index < -0.39 is 10.0 Å². The first kappa shape index (κ1) is 19.3. The van der Waals surface area contributed by atoms with Gasteiger partial charge in [-0.3, -0.25) is 4.79 Å². The molecule has 2 fully saturated rings. The minimum Gasteiger partial charge on any atom is -0.339 e. The number of nitrogens with zero attached hydrogens (tertiary/aromatic N) is 3. The number of likely N-dealkylation sites (tertiary alicyclic amines) is 1. The van der Waals surface area contributed by atoms with Crippen molar-refractivity contribution in [3.05, 3.63) is 29.3 Å². The molecule has 0 N–H and O–H groups in total. The molecule has 2 aliphatic heterocycles. The van der Waals surface area contributed by atoms with E-state index in [2.05, 4.69) is 11.8 Å². The molecule has 7 heteroatoms. The van der Waals surface area contributed by atoms with E-state index in [4.69, 9.17) is 0 Å². The van der Waals surface area contributed by atoms with Gasteiger partial charge in [0, 0.05) is 44.8 Å². The smallest absolute Gasteiger partial charge is 0.254 e. The molecule has 0 radical (unpaired) electrons. The predicted octanol–water partition coefficient (Wildman–Crippen LogP) is 1.95. The summed E-state index contributed by atoms with van der Waals surface area (Å²) >= 11 is 0. The van der Waals surface area contributed by atoms with Crippen molar-refractivity contribution in [1.82, 2.24) is 14.1 Å². The number of carbonyl (C=O) groups is 1. The van der Waals surface area contributed by atoms with Crippen molar-refractivity contribution in [3.8, 4) is 0 Å². The number of benzene rings is 1. The highest BCUT2D eigenvalue weighted by atomic mass is 32.2. The van der Waals surface area contributed by atoms with Gasteiger partial charge in [-0.1, -0.05) is 13.0 Å². The van der Waals surface area contributed by atoms with Crippen LogP contribution in [0.15, 0.2) is 23.1 Å². The second-order valence-corrected chi connectivity index (χ2v) is 9.11. The Morgan fingerprint density at radius 1 is 1.00 bits per heavy atom. The zero-order valence-electron chi connectivity index (χ0n) is 15.8. The van der Waals surface area contributed by atoms with Gasteiger partial charge in [-0.15, -0.1) is 0 Å². The van der Waals surface area contributed by atoms with Gasteiger partial charge in [-0.05, 0) is 50.4 Å². The third kappa shape index (κ3) is 3.94. The summed E-state index contributed by atoms with van der Waals surface area (Å²) in [6.45, 7) is 8.91. The second kappa shape index (κ2) is 8.06. The van der Waals surface area contributed by atoms with Crippen LogP contribution in [-0.4, -0.2) is 74.2 Å². The summed E-state index contributed by atoms with van der Waals surface area (Å²) in [6.07, 6.45) is 3.19. The lowest BCUT2D eigenvalue weighted by Crippen LogP contribution is -2.48. The van der Waals surface area contributed by atoms with Crippen LogP contribution in [0, 0.1) is 6.92 Å². The van der Waals surface area contributed by atoms with Crippen molar-refractivity contribution >= 4 is 15.9 Å². The third-order valence-corrected chi connectivity index (χ3v) is 7.39. The standard InChI is InChI=1S/C19H29N3O3S/c1-3-20-11-13-22(14-12-20)26(24,25)17-8-7-16(2)18(15-17)19(23)21-9-5-4-6-10-21/h7-8,15H,3-6,9-14H2,1-2H3. The van der Waals surface area contributed by atoms with Gasteiger partial charge in [0.2, 0.25) is 10.0 Å². The molecule has 0 spiro atoms. The number of likely N-dealkylation sites (N-methyl/N-ethyl adjacent to an activating group) is 1. The van der Waals surface area contributed by atoms with Crippen molar-refractivity contribution in [1.29, 1.82) is 0 Å². The number of rotatable bonds is 4. The maximum atomic E-state index is 13.0. The summed E-state index contributed by atoms with van der Waals surface area (Å²) in [5, 5.41) is 0.